The van der Waals surface area contributed by atoms with Gasteiger partial charge >= 0.3 is 0 Å². The van der Waals surface area contributed by atoms with Gasteiger partial charge < -0.3 is 14.4 Å². The second-order valence-electron chi connectivity index (χ2n) is 8.32. The number of nitrogens with zero attached hydrogens (tertiary/aromatic N) is 1. The first-order valence-electron chi connectivity index (χ1n) is 10.8. The summed E-state index contributed by atoms with van der Waals surface area (Å²) in [5, 5.41) is 0.357. The molecule has 3 rings (SSSR count). The molecule has 0 spiro atoms. The number of carbonyl (C=O) groups is 1. The molecule has 33 heavy (non-hydrogen) atoms. The Labute approximate surface area is 201 Å². The first kappa shape index (κ1) is 24.6. The van der Waals surface area contributed by atoms with Gasteiger partial charge in [0.15, 0.2) is 5.78 Å². The second-order valence-corrected chi connectivity index (χ2v) is 8.73. The van der Waals surface area contributed by atoms with Crippen molar-refractivity contribution in [2.75, 3.05) is 34.4 Å². The highest BCUT2D eigenvalue weighted by Gasteiger charge is 2.11. The third kappa shape index (κ3) is 6.70. The zero-order chi connectivity index (χ0) is 24.0. The number of methoxy groups -OCH3 is 1. The van der Waals surface area contributed by atoms with Crippen LogP contribution in [0.3, 0.4) is 0 Å². The fraction of sp³-hybridized carbons (Fsp3) is 0.250. The fourth-order valence-electron chi connectivity index (χ4n) is 3.55. The third-order valence-electron chi connectivity index (χ3n) is 5.22. The minimum absolute atomic E-state index is 0.182. The van der Waals surface area contributed by atoms with E-state index < -0.39 is 0 Å². The van der Waals surface area contributed by atoms with E-state index in [1.807, 2.05) is 20.2 Å². The monoisotopic (exact) mass is 463 g/mol. The van der Waals surface area contributed by atoms with Crippen LogP contribution < -0.4 is 9.47 Å². The highest BCUT2D eigenvalue weighted by atomic mass is 35.5. The van der Waals surface area contributed by atoms with Crippen LogP contribution in [0.15, 0.2) is 60.7 Å². The molecule has 3 aromatic carbocycles. The van der Waals surface area contributed by atoms with Crippen molar-refractivity contribution in [1.29, 1.82) is 0 Å². The second kappa shape index (κ2) is 11.2. The van der Waals surface area contributed by atoms with E-state index in [1.54, 1.807) is 31.4 Å². The van der Waals surface area contributed by atoms with Crippen LogP contribution in [-0.4, -0.2) is 45.0 Å². The van der Waals surface area contributed by atoms with Gasteiger partial charge in [0.05, 0.1) is 12.1 Å². The lowest BCUT2D eigenvalue weighted by Crippen LogP contribution is -2.19. The number of halogens is 1. The molecular formula is C28H30ClNO3. The number of carbonyl (C=O) groups excluding carboxylic acids is 1. The predicted octanol–water partition coefficient (Wildman–Crippen LogP) is 6.47. The van der Waals surface area contributed by atoms with E-state index in [-0.39, 0.29) is 5.78 Å². The normalized spacial score (nSPS) is 11.2. The molecule has 172 valence electrons. The lowest BCUT2D eigenvalue weighted by Gasteiger charge is -2.14. The van der Waals surface area contributed by atoms with Crippen molar-refractivity contribution in [3.63, 3.8) is 0 Å². The standard InChI is InChI=1S/C28H30ClNO3/c1-19-14-20(2)16-23(15-19)21-7-11-28(33-13-12-30(3)4)22(17-21)6-10-27(31)25-9-8-24(32-5)18-26(25)29/h6-11,14-18H,12-13H2,1-5H3/b10-6+. The average molecular weight is 464 g/mol. The molecule has 0 aliphatic carbocycles. The molecule has 4 nitrogen and oxygen atoms in total. The number of allylic oxidation sites excluding steroid dienone is 1. The first-order valence-corrected chi connectivity index (χ1v) is 11.2. The van der Waals surface area contributed by atoms with Crippen LogP contribution in [0.4, 0.5) is 0 Å². The summed E-state index contributed by atoms with van der Waals surface area (Å²) < 4.78 is 11.2. The van der Waals surface area contributed by atoms with Gasteiger partial charge in [0.25, 0.3) is 0 Å². The topological polar surface area (TPSA) is 38.8 Å². The van der Waals surface area contributed by atoms with E-state index in [0.29, 0.717) is 22.9 Å². The molecule has 0 amide bonds. The molecule has 0 saturated carbocycles. The molecule has 0 bridgehead atoms. The van der Waals surface area contributed by atoms with E-state index in [2.05, 4.69) is 49.1 Å². The first-order chi connectivity index (χ1) is 15.8. The van der Waals surface area contributed by atoms with Gasteiger partial charge in [0, 0.05) is 17.7 Å². The Morgan fingerprint density at radius 2 is 1.70 bits per heavy atom. The van der Waals surface area contributed by atoms with Crippen molar-refractivity contribution in [1.82, 2.24) is 4.90 Å². The Hall–Kier alpha value is -3.08. The minimum atomic E-state index is -0.182. The van der Waals surface area contributed by atoms with Gasteiger partial charge in [0.2, 0.25) is 0 Å². The molecule has 0 fully saturated rings. The number of rotatable bonds is 9. The highest BCUT2D eigenvalue weighted by Crippen LogP contribution is 2.30. The number of hydrogen-bond donors (Lipinski definition) is 0. The summed E-state index contributed by atoms with van der Waals surface area (Å²) in [7, 11) is 5.57. The zero-order valence-corrected chi connectivity index (χ0v) is 20.6. The van der Waals surface area contributed by atoms with Crippen LogP contribution in [-0.2, 0) is 0 Å². The summed E-state index contributed by atoms with van der Waals surface area (Å²) in [6.45, 7) is 5.53. The predicted molar refractivity (Wildman–Crippen MR) is 137 cm³/mol. The summed E-state index contributed by atoms with van der Waals surface area (Å²) in [4.78, 5) is 14.9. The van der Waals surface area contributed by atoms with E-state index in [0.717, 1.165) is 29.0 Å². The molecule has 0 aliphatic heterocycles. The largest absolute Gasteiger partial charge is 0.497 e. The van der Waals surface area contributed by atoms with Crippen LogP contribution in [0, 0.1) is 13.8 Å². The maximum absolute atomic E-state index is 12.8. The van der Waals surface area contributed by atoms with Crippen molar-refractivity contribution in [2.24, 2.45) is 0 Å². The van der Waals surface area contributed by atoms with Crippen LogP contribution >= 0.6 is 11.6 Å². The third-order valence-corrected chi connectivity index (χ3v) is 5.53. The van der Waals surface area contributed by atoms with Gasteiger partial charge in [-0.15, -0.1) is 0 Å². The lowest BCUT2D eigenvalue weighted by atomic mass is 9.98. The molecule has 0 saturated heterocycles. The molecule has 3 aromatic rings. The Morgan fingerprint density at radius 1 is 0.970 bits per heavy atom. The molecule has 0 aromatic heterocycles. The molecule has 0 radical (unpaired) electrons. The molecule has 0 atom stereocenters. The molecule has 0 unspecified atom stereocenters. The Bertz CT molecular complexity index is 1150. The fourth-order valence-corrected chi connectivity index (χ4v) is 3.81. The number of likely N-dealkylation sites (N-methyl/N-ethyl adjacent to an activating group) is 1. The van der Waals surface area contributed by atoms with E-state index >= 15 is 0 Å². The summed E-state index contributed by atoms with van der Waals surface area (Å²) in [6.07, 6.45) is 3.33. The minimum Gasteiger partial charge on any atom is -0.497 e. The van der Waals surface area contributed by atoms with Crippen molar-refractivity contribution in [3.8, 4) is 22.6 Å². The molecular weight excluding hydrogens is 434 g/mol. The van der Waals surface area contributed by atoms with Crippen LogP contribution in [0.1, 0.15) is 27.0 Å². The quantitative estimate of drug-likeness (QED) is 0.269. The number of aryl methyl sites for hydroxylation is 2. The van der Waals surface area contributed by atoms with Crippen LogP contribution in [0.5, 0.6) is 11.5 Å². The van der Waals surface area contributed by atoms with Gasteiger partial charge in [-0.25, -0.2) is 0 Å². The number of ether oxygens (including phenoxy) is 2. The SMILES string of the molecule is COc1ccc(C(=O)/C=C/c2cc(-c3cc(C)cc(C)c3)ccc2OCCN(C)C)c(Cl)c1. The summed E-state index contributed by atoms with van der Waals surface area (Å²) in [6, 6.07) is 17.6. The van der Waals surface area contributed by atoms with Crippen molar-refractivity contribution in [2.45, 2.75) is 13.8 Å². The van der Waals surface area contributed by atoms with Gasteiger partial charge in [-0.3, -0.25) is 4.79 Å². The van der Waals surface area contributed by atoms with Gasteiger partial charge in [0.1, 0.15) is 18.1 Å². The van der Waals surface area contributed by atoms with Crippen molar-refractivity contribution in [3.05, 3.63) is 87.9 Å². The van der Waals surface area contributed by atoms with E-state index in [9.17, 15) is 4.79 Å². The number of ketones is 1. The number of hydrogen-bond acceptors (Lipinski definition) is 4. The van der Waals surface area contributed by atoms with Crippen LogP contribution in [0.25, 0.3) is 17.2 Å². The Kier molecular flexibility index (Phi) is 8.32. The van der Waals surface area contributed by atoms with Crippen LogP contribution in [0.2, 0.25) is 5.02 Å². The summed E-state index contributed by atoms with van der Waals surface area (Å²) in [5.41, 5.74) is 5.87. The molecule has 0 N–H and O–H groups in total. The average Bonchev–Trinajstić information content (AvgIpc) is 2.77. The Balaban J connectivity index is 1.94. The summed E-state index contributed by atoms with van der Waals surface area (Å²) >= 11 is 6.29. The Morgan fingerprint density at radius 3 is 2.33 bits per heavy atom. The highest BCUT2D eigenvalue weighted by molar-refractivity contribution is 6.34. The van der Waals surface area contributed by atoms with Gasteiger partial charge in [-0.1, -0.05) is 47.0 Å². The van der Waals surface area contributed by atoms with E-state index in [4.69, 9.17) is 21.1 Å². The molecule has 5 heteroatoms. The maximum Gasteiger partial charge on any atom is 0.187 e. The molecule has 0 heterocycles. The number of benzene rings is 3. The lowest BCUT2D eigenvalue weighted by molar-refractivity contribution is 0.104. The van der Waals surface area contributed by atoms with Gasteiger partial charge in [-0.2, -0.15) is 0 Å². The smallest absolute Gasteiger partial charge is 0.187 e. The van der Waals surface area contributed by atoms with Crippen molar-refractivity contribution < 1.29 is 14.3 Å². The maximum atomic E-state index is 12.8. The van der Waals surface area contributed by atoms with Crippen molar-refractivity contribution >= 4 is 23.5 Å². The zero-order valence-electron chi connectivity index (χ0n) is 19.8. The molecule has 0 aliphatic rings. The van der Waals surface area contributed by atoms with Gasteiger partial charge in [-0.05, 0) is 81.6 Å². The summed E-state index contributed by atoms with van der Waals surface area (Å²) in [5.74, 6) is 1.16. The van der Waals surface area contributed by atoms with E-state index in [1.165, 1.54) is 17.2 Å².